The van der Waals surface area contributed by atoms with Crippen molar-refractivity contribution in [3.63, 3.8) is 0 Å². The van der Waals surface area contributed by atoms with Crippen molar-refractivity contribution in [2.24, 2.45) is 5.73 Å². The molecule has 0 radical (unpaired) electrons. The fourth-order valence-corrected chi connectivity index (χ4v) is 1.65. The normalized spacial score (nSPS) is 14.1. The molecule has 0 aliphatic carbocycles. The minimum absolute atomic E-state index is 0.202. The van der Waals surface area contributed by atoms with E-state index in [2.05, 4.69) is 15.3 Å². The van der Waals surface area contributed by atoms with Gasteiger partial charge in [-0.25, -0.2) is 0 Å². The molecule has 2 aromatic rings. The Morgan fingerprint density at radius 1 is 1.42 bits per heavy atom. The Labute approximate surface area is 110 Å². The third-order valence-corrected chi connectivity index (χ3v) is 2.86. The largest absolute Gasteiger partial charge is 0.392 e. The summed E-state index contributed by atoms with van der Waals surface area (Å²) in [5, 5.41) is 12.0. The number of aliphatic hydroxyl groups excluding tert-OH is 1. The van der Waals surface area contributed by atoms with Gasteiger partial charge in [-0.15, -0.1) is 0 Å². The van der Waals surface area contributed by atoms with Gasteiger partial charge in [-0.2, -0.15) is 0 Å². The second-order valence-electron chi connectivity index (χ2n) is 4.34. The molecule has 6 nitrogen and oxygen atoms in total. The Bertz CT molecular complexity index is 580. The molecule has 0 fully saturated rings. The summed E-state index contributed by atoms with van der Waals surface area (Å²) in [5.41, 5.74) is 7.32. The highest BCUT2D eigenvalue weighted by molar-refractivity contribution is 6.04. The van der Waals surface area contributed by atoms with Crippen LogP contribution in [-0.4, -0.2) is 39.7 Å². The van der Waals surface area contributed by atoms with E-state index in [1.54, 1.807) is 37.5 Å². The molecule has 0 aliphatic rings. The number of fused-ring (bicyclic) bond motifs is 1. The van der Waals surface area contributed by atoms with Gasteiger partial charge in [0, 0.05) is 25.0 Å². The highest BCUT2D eigenvalue weighted by atomic mass is 16.3. The highest BCUT2D eigenvalue weighted by Crippen LogP contribution is 2.13. The zero-order chi connectivity index (χ0) is 13.8. The number of carbonyl (C=O) groups is 1. The first-order valence-electron chi connectivity index (χ1n) is 6.01. The molecule has 1 amide bonds. The van der Waals surface area contributed by atoms with Gasteiger partial charge in [0.25, 0.3) is 5.91 Å². The van der Waals surface area contributed by atoms with Crippen LogP contribution in [0.2, 0.25) is 0 Å². The molecule has 1 aromatic heterocycles. The molecular weight excluding hydrogens is 244 g/mol. The number of hydrogen-bond acceptors (Lipinski definition) is 5. The summed E-state index contributed by atoms with van der Waals surface area (Å²) in [6.45, 7) is 1.79. The third-order valence-electron chi connectivity index (χ3n) is 2.86. The number of aliphatic hydroxyl groups is 1. The predicted molar refractivity (Wildman–Crippen MR) is 71.5 cm³/mol. The van der Waals surface area contributed by atoms with Crippen LogP contribution >= 0.6 is 0 Å². The molecule has 2 atom stereocenters. The van der Waals surface area contributed by atoms with Gasteiger partial charge in [0.1, 0.15) is 5.52 Å². The number of rotatable bonds is 4. The summed E-state index contributed by atoms with van der Waals surface area (Å²) in [6, 6.07) is 4.73. The maximum atomic E-state index is 12.1. The third kappa shape index (κ3) is 3.04. The van der Waals surface area contributed by atoms with Crippen molar-refractivity contribution in [2.75, 3.05) is 6.54 Å². The van der Waals surface area contributed by atoms with E-state index < -0.39 is 12.1 Å². The Morgan fingerprint density at radius 3 is 2.89 bits per heavy atom. The van der Waals surface area contributed by atoms with Crippen LogP contribution in [0.1, 0.15) is 17.3 Å². The lowest BCUT2D eigenvalue weighted by Crippen LogP contribution is -2.43. The summed E-state index contributed by atoms with van der Waals surface area (Å²) in [6.07, 6.45) is 2.45. The molecule has 100 valence electrons. The van der Waals surface area contributed by atoms with Crippen LogP contribution in [0, 0.1) is 0 Å². The minimum Gasteiger partial charge on any atom is -0.392 e. The number of aromatic nitrogens is 2. The van der Waals surface area contributed by atoms with E-state index in [0.29, 0.717) is 16.6 Å². The van der Waals surface area contributed by atoms with E-state index in [1.807, 2.05) is 0 Å². The molecule has 1 aromatic carbocycles. The molecular formula is C13H16N4O2. The van der Waals surface area contributed by atoms with E-state index in [9.17, 15) is 9.90 Å². The molecule has 2 unspecified atom stereocenters. The van der Waals surface area contributed by atoms with E-state index in [1.165, 1.54) is 0 Å². The Kier molecular flexibility index (Phi) is 4.03. The zero-order valence-electron chi connectivity index (χ0n) is 10.6. The van der Waals surface area contributed by atoms with Gasteiger partial charge in [0.15, 0.2) is 0 Å². The van der Waals surface area contributed by atoms with Crippen LogP contribution in [0.4, 0.5) is 0 Å². The molecule has 0 saturated carbocycles. The van der Waals surface area contributed by atoms with Gasteiger partial charge in [-0.3, -0.25) is 14.8 Å². The predicted octanol–water partition coefficient (Wildman–Crippen LogP) is 0.0677. The first kappa shape index (κ1) is 13.4. The Morgan fingerprint density at radius 2 is 2.16 bits per heavy atom. The first-order valence-corrected chi connectivity index (χ1v) is 6.01. The lowest BCUT2D eigenvalue weighted by atomic mass is 10.1. The van der Waals surface area contributed by atoms with Gasteiger partial charge in [-0.1, -0.05) is 6.07 Å². The second kappa shape index (κ2) is 5.73. The molecule has 0 aliphatic heterocycles. The van der Waals surface area contributed by atoms with E-state index >= 15 is 0 Å². The lowest BCUT2D eigenvalue weighted by molar-refractivity contribution is 0.0939. The topological polar surface area (TPSA) is 101 Å². The fourth-order valence-electron chi connectivity index (χ4n) is 1.65. The summed E-state index contributed by atoms with van der Waals surface area (Å²) < 4.78 is 0. The molecule has 4 N–H and O–H groups in total. The Hall–Kier alpha value is -2.05. The number of benzene rings is 1. The van der Waals surface area contributed by atoms with Crippen LogP contribution in [0.25, 0.3) is 11.0 Å². The van der Waals surface area contributed by atoms with E-state index in [0.717, 1.165) is 0 Å². The number of amides is 1. The van der Waals surface area contributed by atoms with Gasteiger partial charge in [-0.05, 0) is 19.1 Å². The van der Waals surface area contributed by atoms with Crippen molar-refractivity contribution >= 4 is 16.9 Å². The monoisotopic (exact) mass is 260 g/mol. The quantitative estimate of drug-likeness (QED) is 0.722. The van der Waals surface area contributed by atoms with E-state index in [-0.39, 0.29) is 12.5 Å². The van der Waals surface area contributed by atoms with Crippen LogP contribution in [0.15, 0.2) is 30.6 Å². The van der Waals surface area contributed by atoms with Crippen LogP contribution in [-0.2, 0) is 0 Å². The van der Waals surface area contributed by atoms with Crippen LogP contribution in [0.3, 0.4) is 0 Å². The van der Waals surface area contributed by atoms with Crippen molar-refractivity contribution in [1.82, 2.24) is 15.3 Å². The van der Waals surface area contributed by atoms with Crippen molar-refractivity contribution in [3.8, 4) is 0 Å². The summed E-state index contributed by atoms with van der Waals surface area (Å²) in [7, 11) is 0. The SMILES string of the molecule is CC(O)C(N)CNC(=O)c1cccc2nccnc12. The number of nitrogens with one attached hydrogen (secondary N) is 1. The molecule has 0 spiro atoms. The minimum atomic E-state index is -0.674. The van der Waals surface area contributed by atoms with Crippen LogP contribution in [0.5, 0.6) is 0 Å². The van der Waals surface area contributed by atoms with E-state index in [4.69, 9.17) is 5.73 Å². The molecule has 19 heavy (non-hydrogen) atoms. The second-order valence-corrected chi connectivity index (χ2v) is 4.34. The lowest BCUT2D eigenvalue weighted by Gasteiger charge is -2.15. The number of nitrogens with zero attached hydrogens (tertiary/aromatic N) is 2. The van der Waals surface area contributed by atoms with Crippen molar-refractivity contribution in [1.29, 1.82) is 0 Å². The van der Waals surface area contributed by atoms with Gasteiger partial charge in [0.05, 0.1) is 17.2 Å². The standard InChI is InChI=1S/C13H16N4O2/c1-8(18)10(14)7-17-13(19)9-3-2-4-11-12(9)16-6-5-15-11/h2-6,8,10,18H,7,14H2,1H3,(H,17,19). The summed E-state index contributed by atoms with van der Waals surface area (Å²) >= 11 is 0. The average Bonchev–Trinajstić information content (AvgIpc) is 2.43. The number of hydrogen-bond donors (Lipinski definition) is 3. The Balaban J connectivity index is 2.18. The fraction of sp³-hybridized carbons (Fsp3) is 0.308. The van der Waals surface area contributed by atoms with Gasteiger partial charge >= 0.3 is 0 Å². The van der Waals surface area contributed by atoms with Crippen molar-refractivity contribution < 1.29 is 9.90 Å². The van der Waals surface area contributed by atoms with Gasteiger partial charge in [0.2, 0.25) is 0 Å². The summed E-state index contributed by atoms with van der Waals surface area (Å²) in [4.78, 5) is 20.4. The zero-order valence-corrected chi connectivity index (χ0v) is 10.6. The van der Waals surface area contributed by atoms with Crippen molar-refractivity contribution in [3.05, 3.63) is 36.2 Å². The maximum Gasteiger partial charge on any atom is 0.253 e. The average molecular weight is 260 g/mol. The first-order chi connectivity index (χ1) is 9.09. The molecule has 1 heterocycles. The van der Waals surface area contributed by atoms with Gasteiger partial charge < -0.3 is 16.2 Å². The smallest absolute Gasteiger partial charge is 0.253 e. The maximum absolute atomic E-state index is 12.1. The number of nitrogens with two attached hydrogens (primary N) is 1. The van der Waals surface area contributed by atoms with Crippen molar-refractivity contribution in [2.45, 2.75) is 19.1 Å². The van der Waals surface area contributed by atoms with Crippen LogP contribution < -0.4 is 11.1 Å². The molecule has 2 rings (SSSR count). The molecule has 0 saturated heterocycles. The number of para-hydroxylation sites is 1. The molecule has 0 bridgehead atoms. The number of carbonyl (C=O) groups excluding carboxylic acids is 1. The highest BCUT2D eigenvalue weighted by Gasteiger charge is 2.14. The molecule has 6 heteroatoms. The summed E-state index contributed by atoms with van der Waals surface area (Å²) in [5.74, 6) is -0.276.